The summed E-state index contributed by atoms with van der Waals surface area (Å²) in [5.74, 6) is -0.378. The molecule has 1 aliphatic heterocycles. The molecule has 0 unspecified atom stereocenters. The Labute approximate surface area is 126 Å². The van der Waals surface area contributed by atoms with Gasteiger partial charge in [-0.15, -0.1) is 0 Å². The Morgan fingerprint density at radius 2 is 2.05 bits per heavy atom. The molecule has 1 fully saturated rings. The molecule has 1 heterocycles. The Bertz CT molecular complexity index is 593. The standard InChI is InChI=1S/C18H22N2O/c1-3-7-14(8-4-2)15-9-10-17(16(13-15)18(19)21)20-11-5-6-12-20/h3-4,7-10,13H,1,5-6,11-12H2,2H3,(H2,19,21)/b8-4-,14-7+. The minimum atomic E-state index is -0.378. The number of carbonyl (C=O) groups excluding carboxylic acids is 1. The van der Waals surface area contributed by atoms with Crippen LogP contribution in [0.1, 0.15) is 35.7 Å². The van der Waals surface area contributed by atoms with Crippen molar-refractivity contribution in [2.24, 2.45) is 5.73 Å². The van der Waals surface area contributed by atoms with E-state index in [9.17, 15) is 4.79 Å². The number of anilines is 1. The maximum Gasteiger partial charge on any atom is 0.250 e. The van der Waals surface area contributed by atoms with Crippen LogP contribution in [0.15, 0.2) is 49.1 Å². The SMILES string of the molecule is C=C/C=C(\C=C/C)c1ccc(N2CCCC2)c(C(N)=O)c1. The highest BCUT2D eigenvalue weighted by Gasteiger charge is 2.18. The van der Waals surface area contributed by atoms with E-state index in [0.717, 1.165) is 29.9 Å². The summed E-state index contributed by atoms with van der Waals surface area (Å²) in [4.78, 5) is 14.0. The topological polar surface area (TPSA) is 46.3 Å². The van der Waals surface area contributed by atoms with E-state index in [1.165, 1.54) is 12.8 Å². The van der Waals surface area contributed by atoms with Crippen LogP contribution in [-0.4, -0.2) is 19.0 Å². The first-order chi connectivity index (χ1) is 10.2. The van der Waals surface area contributed by atoms with Gasteiger partial charge in [-0.2, -0.15) is 0 Å². The van der Waals surface area contributed by atoms with E-state index < -0.39 is 0 Å². The molecule has 0 atom stereocenters. The lowest BCUT2D eigenvalue weighted by Gasteiger charge is -2.21. The largest absolute Gasteiger partial charge is 0.371 e. The summed E-state index contributed by atoms with van der Waals surface area (Å²) in [5.41, 5.74) is 9.11. The molecule has 0 saturated carbocycles. The van der Waals surface area contributed by atoms with Gasteiger partial charge in [-0.25, -0.2) is 0 Å². The van der Waals surface area contributed by atoms with Crippen LogP contribution in [0, 0.1) is 0 Å². The van der Waals surface area contributed by atoms with Crippen LogP contribution in [0.5, 0.6) is 0 Å². The number of nitrogens with two attached hydrogens (primary N) is 1. The summed E-state index contributed by atoms with van der Waals surface area (Å²) in [5, 5.41) is 0. The minimum Gasteiger partial charge on any atom is -0.371 e. The summed E-state index contributed by atoms with van der Waals surface area (Å²) in [6.45, 7) is 7.68. The van der Waals surface area contributed by atoms with Crippen molar-refractivity contribution in [1.82, 2.24) is 0 Å². The lowest BCUT2D eigenvalue weighted by atomic mass is 10.00. The van der Waals surface area contributed by atoms with Gasteiger partial charge in [0.25, 0.3) is 5.91 Å². The van der Waals surface area contributed by atoms with Gasteiger partial charge in [0.1, 0.15) is 0 Å². The molecule has 3 nitrogen and oxygen atoms in total. The number of hydrogen-bond acceptors (Lipinski definition) is 2. The maximum atomic E-state index is 11.8. The molecule has 1 aliphatic rings. The number of primary amides is 1. The minimum absolute atomic E-state index is 0.378. The van der Waals surface area contributed by atoms with E-state index in [-0.39, 0.29) is 5.91 Å². The van der Waals surface area contributed by atoms with Gasteiger partial charge in [0.05, 0.1) is 5.56 Å². The first-order valence-corrected chi connectivity index (χ1v) is 7.32. The maximum absolute atomic E-state index is 11.8. The van der Waals surface area contributed by atoms with Crippen molar-refractivity contribution in [3.05, 3.63) is 60.2 Å². The van der Waals surface area contributed by atoms with Gasteiger partial charge in [0.15, 0.2) is 0 Å². The van der Waals surface area contributed by atoms with E-state index >= 15 is 0 Å². The Hall–Kier alpha value is -2.29. The van der Waals surface area contributed by atoms with E-state index in [4.69, 9.17) is 5.73 Å². The van der Waals surface area contributed by atoms with Gasteiger partial charge in [-0.3, -0.25) is 4.79 Å². The molecule has 0 aromatic heterocycles. The summed E-state index contributed by atoms with van der Waals surface area (Å²) >= 11 is 0. The number of hydrogen-bond donors (Lipinski definition) is 1. The van der Waals surface area contributed by atoms with E-state index in [0.29, 0.717) is 5.56 Å². The molecule has 110 valence electrons. The quantitative estimate of drug-likeness (QED) is 0.840. The highest BCUT2D eigenvalue weighted by atomic mass is 16.1. The Morgan fingerprint density at radius 3 is 2.62 bits per heavy atom. The van der Waals surface area contributed by atoms with Gasteiger partial charge in [0.2, 0.25) is 0 Å². The van der Waals surface area contributed by atoms with Crippen LogP contribution < -0.4 is 10.6 Å². The van der Waals surface area contributed by atoms with Crippen LogP contribution in [-0.2, 0) is 0 Å². The number of benzene rings is 1. The highest BCUT2D eigenvalue weighted by molar-refractivity contribution is 6.00. The fourth-order valence-corrected chi connectivity index (χ4v) is 2.70. The number of nitrogens with zero attached hydrogens (tertiary/aromatic N) is 1. The molecule has 1 amide bonds. The van der Waals surface area contributed by atoms with Gasteiger partial charge in [0, 0.05) is 18.8 Å². The third-order valence-electron chi connectivity index (χ3n) is 3.69. The predicted molar refractivity (Wildman–Crippen MR) is 89.4 cm³/mol. The molecule has 0 bridgehead atoms. The zero-order valence-electron chi connectivity index (χ0n) is 12.5. The third kappa shape index (κ3) is 3.43. The third-order valence-corrected chi connectivity index (χ3v) is 3.69. The number of carbonyl (C=O) groups is 1. The molecule has 3 heteroatoms. The highest BCUT2D eigenvalue weighted by Crippen LogP contribution is 2.28. The normalized spacial score (nSPS) is 15.7. The zero-order valence-corrected chi connectivity index (χ0v) is 12.5. The smallest absolute Gasteiger partial charge is 0.250 e. The fraction of sp³-hybridized carbons (Fsp3) is 0.278. The van der Waals surface area contributed by atoms with Crippen molar-refractivity contribution in [3.8, 4) is 0 Å². The van der Waals surface area contributed by atoms with E-state index in [2.05, 4.69) is 11.5 Å². The van der Waals surface area contributed by atoms with Crippen molar-refractivity contribution < 1.29 is 4.79 Å². The average Bonchev–Trinajstić information content (AvgIpc) is 3.00. The second-order valence-electron chi connectivity index (χ2n) is 5.15. The predicted octanol–water partition coefficient (Wildman–Crippen LogP) is 3.53. The molecule has 1 aromatic carbocycles. The first kappa shape index (κ1) is 15.1. The monoisotopic (exact) mass is 282 g/mol. The molecule has 2 N–H and O–H groups in total. The lowest BCUT2D eigenvalue weighted by molar-refractivity contribution is 0.100. The number of allylic oxidation sites excluding steroid dienone is 5. The van der Waals surface area contributed by atoms with Crippen LogP contribution in [0.2, 0.25) is 0 Å². The molecular formula is C18H22N2O. The molecule has 0 spiro atoms. The summed E-state index contributed by atoms with van der Waals surface area (Å²) in [6.07, 6.45) is 9.97. The van der Waals surface area contributed by atoms with Crippen molar-refractivity contribution in [2.75, 3.05) is 18.0 Å². The van der Waals surface area contributed by atoms with Gasteiger partial charge >= 0.3 is 0 Å². The second kappa shape index (κ2) is 6.93. The second-order valence-corrected chi connectivity index (χ2v) is 5.15. The van der Waals surface area contributed by atoms with Crippen molar-refractivity contribution in [1.29, 1.82) is 0 Å². The van der Waals surface area contributed by atoms with Gasteiger partial charge in [-0.1, -0.05) is 36.9 Å². The number of rotatable bonds is 5. The van der Waals surface area contributed by atoms with Crippen LogP contribution in [0.4, 0.5) is 5.69 Å². The molecule has 2 rings (SSSR count). The van der Waals surface area contributed by atoms with Crippen molar-refractivity contribution >= 4 is 17.2 Å². The molecule has 0 aliphatic carbocycles. The van der Waals surface area contributed by atoms with E-state index in [1.54, 1.807) is 6.08 Å². The van der Waals surface area contributed by atoms with Crippen molar-refractivity contribution in [2.45, 2.75) is 19.8 Å². The van der Waals surface area contributed by atoms with Crippen LogP contribution >= 0.6 is 0 Å². The van der Waals surface area contributed by atoms with Crippen LogP contribution in [0.25, 0.3) is 5.57 Å². The summed E-state index contributed by atoms with van der Waals surface area (Å²) in [7, 11) is 0. The molecule has 1 aromatic rings. The Morgan fingerprint density at radius 1 is 1.33 bits per heavy atom. The summed E-state index contributed by atoms with van der Waals surface area (Å²) in [6, 6.07) is 5.92. The number of amides is 1. The summed E-state index contributed by atoms with van der Waals surface area (Å²) < 4.78 is 0. The zero-order chi connectivity index (χ0) is 15.2. The lowest BCUT2D eigenvalue weighted by Crippen LogP contribution is -2.23. The van der Waals surface area contributed by atoms with Crippen LogP contribution in [0.3, 0.4) is 0 Å². The Balaban J connectivity index is 2.46. The van der Waals surface area contributed by atoms with Gasteiger partial charge in [-0.05, 0) is 43.0 Å². The van der Waals surface area contributed by atoms with E-state index in [1.807, 2.05) is 43.4 Å². The molecule has 1 saturated heterocycles. The van der Waals surface area contributed by atoms with Gasteiger partial charge < -0.3 is 10.6 Å². The molecule has 0 radical (unpaired) electrons. The Kier molecular flexibility index (Phi) is 4.99. The molecular weight excluding hydrogens is 260 g/mol. The first-order valence-electron chi connectivity index (χ1n) is 7.32. The molecule has 21 heavy (non-hydrogen) atoms. The fourth-order valence-electron chi connectivity index (χ4n) is 2.70. The average molecular weight is 282 g/mol. The van der Waals surface area contributed by atoms with Crippen molar-refractivity contribution in [3.63, 3.8) is 0 Å².